The van der Waals surface area contributed by atoms with E-state index in [0.29, 0.717) is 31.3 Å². The minimum absolute atomic E-state index is 0.0502. The Morgan fingerprint density at radius 2 is 1.82 bits per heavy atom. The van der Waals surface area contributed by atoms with Gasteiger partial charge in [-0.3, -0.25) is 4.79 Å². The van der Waals surface area contributed by atoms with E-state index in [9.17, 15) is 18.0 Å². The highest BCUT2D eigenvalue weighted by molar-refractivity contribution is 5.76. The largest absolute Gasteiger partial charge is 0.416 e. The van der Waals surface area contributed by atoms with Crippen molar-refractivity contribution in [3.63, 3.8) is 0 Å². The van der Waals surface area contributed by atoms with E-state index < -0.39 is 11.7 Å². The summed E-state index contributed by atoms with van der Waals surface area (Å²) in [6.07, 6.45) is 0.904. The quantitative estimate of drug-likeness (QED) is 0.399. The number of nitrogens with one attached hydrogen (secondary N) is 2. The Balaban J connectivity index is 1.45. The van der Waals surface area contributed by atoms with Crippen molar-refractivity contribution in [1.29, 1.82) is 0 Å². The normalized spacial score (nSPS) is 20.8. The van der Waals surface area contributed by atoms with Gasteiger partial charge in [0.2, 0.25) is 5.91 Å². The van der Waals surface area contributed by atoms with Gasteiger partial charge >= 0.3 is 6.18 Å². The molecule has 0 radical (unpaired) electrons. The fourth-order valence-electron chi connectivity index (χ4n) is 5.18. The first-order valence-corrected chi connectivity index (χ1v) is 12.5. The lowest BCUT2D eigenvalue weighted by Crippen LogP contribution is -2.36. The standard InChI is InChI=1S/C28H37F3N2O/c1-3-23-12-10-22(17-26(23)25-18-24(28(29,30)31)13-9-20(25)2)19-32-15-16-33-27(34)14-11-21-7-5-4-6-8-21/h4-9,13,18,22-23,26,32H,3,10-12,14-17,19H2,1-2H3,(H,33,34). The molecule has 2 N–H and O–H groups in total. The smallest absolute Gasteiger partial charge is 0.355 e. The summed E-state index contributed by atoms with van der Waals surface area (Å²) in [7, 11) is 0. The van der Waals surface area contributed by atoms with Gasteiger partial charge in [-0.25, -0.2) is 0 Å². The lowest BCUT2D eigenvalue weighted by atomic mass is 9.69. The summed E-state index contributed by atoms with van der Waals surface area (Å²) < 4.78 is 39.9. The molecule has 1 fully saturated rings. The molecular formula is C28H37F3N2O. The van der Waals surface area contributed by atoms with E-state index in [1.807, 2.05) is 37.3 Å². The number of carbonyl (C=O) groups excluding carboxylic acids is 1. The Hall–Kier alpha value is -2.34. The van der Waals surface area contributed by atoms with E-state index in [0.717, 1.165) is 55.3 Å². The molecule has 1 aliphatic carbocycles. The van der Waals surface area contributed by atoms with E-state index in [2.05, 4.69) is 17.6 Å². The molecule has 186 valence electrons. The van der Waals surface area contributed by atoms with Crippen LogP contribution in [0.4, 0.5) is 13.2 Å². The van der Waals surface area contributed by atoms with E-state index >= 15 is 0 Å². The van der Waals surface area contributed by atoms with Gasteiger partial charge in [0.15, 0.2) is 0 Å². The molecule has 3 nitrogen and oxygen atoms in total. The topological polar surface area (TPSA) is 41.1 Å². The van der Waals surface area contributed by atoms with Crippen LogP contribution in [-0.2, 0) is 17.4 Å². The molecule has 6 heteroatoms. The second-order valence-electron chi connectivity index (χ2n) is 9.56. The van der Waals surface area contributed by atoms with Gasteiger partial charge in [-0.2, -0.15) is 13.2 Å². The second kappa shape index (κ2) is 12.4. The summed E-state index contributed by atoms with van der Waals surface area (Å²) in [5, 5.41) is 6.41. The predicted molar refractivity (Wildman–Crippen MR) is 131 cm³/mol. The van der Waals surface area contributed by atoms with Crippen molar-refractivity contribution in [1.82, 2.24) is 10.6 Å². The molecule has 2 aromatic carbocycles. The van der Waals surface area contributed by atoms with Crippen LogP contribution in [0.25, 0.3) is 0 Å². The fourth-order valence-corrected chi connectivity index (χ4v) is 5.18. The third kappa shape index (κ3) is 7.59. The maximum atomic E-state index is 13.3. The van der Waals surface area contributed by atoms with Gasteiger partial charge in [0.05, 0.1) is 5.56 Å². The summed E-state index contributed by atoms with van der Waals surface area (Å²) in [5.74, 6) is 1.05. The average molecular weight is 475 g/mol. The average Bonchev–Trinajstić information content (AvgIpc) is 2.82. The zero-order valence-electron chi connectivity index (χ0n) is 20.3. The van der Waals surface area contributed by atoms with Crippen LogP contribution in [0.2, 0.25) is 0 Å². The molecule has 3 atom stereocenters. The highest BCUT2D eigenvalue weighted by Gasteiger charge is 2.35. The van der Waals surface area contributed by atoms with Crippen molar-refractivity contribution in [2.75, 3.05) is 19.6 Å². The summed E-state index contributed by atoms with van der Waals surface area (Å²) in [6, 6.07) is 14.2. The van der Waals surface area contributed by atoms with Crippen molar-refractivity contribution in [2.24, 2.45) is 11.8 Å². The van der Waals surface area contributed by atoms with E-state index in [1.165, 1.54) is 12.1 Å². The number of aryl methyl sites for hydroxylation is 2. The monoisotopic (exact) mass is 474 g/mol. The first kappa shape index (κ1) is 26.3. The summed E-state index contributed by atoms with van der Waals surface area (Å²) in [6.45, 7) is 6.15. The molecule has 0 spiro atoms. The second-order valence-corrected chi connectivity index (χ2v) is 9.56. The Labute approximate surface area is 201 Å². The van der Waals surface area contributed by atoms with E-state index in [-0.39, 0.29) is 11.8 Å². The van der Waals surface area contributed by atoms with Crippen LogP contribution >= 0.6 is 0 Å². The van der Waals surface area contributed by atoms with Gasteiger partial charge in [-0.15, -0.1) is 0 Å². The van der Waals surface area contributed by atoms with Gasteiger partial charge in [0.25, 0.3) is 0 Å². The fraction of sp³-hybridized carbons (Fsp3) is 0.536. The van der Waals surface area contributed by atoms with Crippen molar-refractivity contribution in [2.45, 2.75) is 64.5 Å². The van der Waals surface area contributed by atoms with Crippen LogP contribution in [0.5, 0.6) is 0 Å². The number of hydrogen-bond acceptors (Lipinski definition) is 2. The minimum atomic E-state index is -4.31. The van der Waals surface area contributed by atoms with Crippen LogP contribution in [0.1, 0.15) is 67.2 Å². The van der Waals surface area contributed by atoms with Crippen LogP contribution < -0.4 is 10.6 Å². The maximum Gasteiger partial charge on any atom is 0.416 e. The number of carbonyl (C=O) groups is 1. The van der Waals surface area contributed by atoms with E-state index in [1.54, 1.807) is 6.07 Å². The minimum Gasteiger partial charge on any atom is -0.355 e. The molecule has 1 saturated carbocycles. The molecule has 2 aromatic rings. The number of rotatable bonds is 10. The molecule has 0 bridgehead atoms. The molecule has 3 unspecified atom stereocenters. The molecule has 3 rings (SSSR count). The first-order valence-electron chi connectivity index (χ1n) is 12.5. The van der Waals surface area contributed by atoms with Crippen LogP contribution in [0.3, 0.4) is 0 Å². The Bertz CT molecular complexity index is 914. The third-order valence-corrected chi connectivity index (χ3v) is 7.17. The predicted octanol–water partition coefficient (Wildman–Crippen LogP) is 6.26. The molecule has 1 aliphatic rings. The van der Waals surface area contributed by atoms with Gasteiger partial charge < -0.3 is 10.6 Å². The summed E-state index contributed by atoms with van der Waals surface area (Å²) in [5.41, 5.74) is 2.41. The number of halogens is 3. The van der Waals surface area contributed by atoms with Gasteiger partial charge in [0, 0.05) is 19.5 Å². The highest BCUT2D eigenvalue weighted by Crippen LogP contribution is 2.44. The van der Waals surface area contributed by atoms with Crippen LogP contribution in [0, 0.1) is 18.8 Å². The molecule has 1 amide bonds. The van der Waals surface area contributed by atoms with Gasteiger partial charge in [0.1, 0.15) is 0 Å². The molecule has 0 saturated heterocycles. The first-order chi connectivity index (χ1) is 16.3. The maximum absolute atomic E-state index is 13.3. The number of alkyl halides is 3. The highest BCUT2D eigenvalue weighted by atomic mass is 19.4. The van der Waals surface area contributed by atoms with Crippen molar-refractivity contribution < 1.29 is 18.0 Å². The Morgan fingerprint density at radius 3 is 2.53 bits per heavy atom. The van der Waals surface area contributed by atoms with Crippen LogP contribution in [-0.4, -0.2) is 25.5 Å². The zero-order chi connectivity index (χ0) is 24.6. The van der Waals surface area contributed by atoms with Crippen molar-refractivity contribution in [3.8, 4) is 0 Å². The lowest BCUT2D eigenvalue weighted by Gasteiger charge is -2.37. The SMILES string of the molecule is CCC1CCC(CNCCNC(=O)CCc2ccccc2)CC1c1cc(C(F)(F)F)ccc1C. The van der Waals surface area contributed by atoms with Gasteiger partial charge in [-0.05, 0) is 85.7 Å². The molecule has 0 aromatic heterocycles. The third-order valence-electron chi connectivity index (χ3n) is 7.17. The van der Waals surface area contributed by atoms with Crippen LogP contribution in [0.15, 0.2) is 48.5 Å². The number of benzene rings is 2. The molecule has 34 heavy (non-hydrogen) atoms. The Kier molecular flexibility index (Phi) is 9.57. The molecular weight excluding hydrogens is 437 g/mol. The summed E-state index contributed by atoms with van der Waals surface area (Å²) >= 11 is 0. The molecule has 0 heterocycles. The molecule has 0 aliphatic heterocycles. The van der Waals surface area contributed by atoms with Crippen molar-refractivity contribution >= 4 is 5.91 Å². The number of hydrogen-bond donors (Lipinski definition) is 2. The van der Waals surface area contributed by atoms with Crippen molar-refractivity contribution in [3.05, 3.63) is 70.8 Å². The summed E-state index contributed by atoms with van der Waals surface area (Å²) in [4.78, 5) is 12.1. The Morgan fingerprint density at radius 1 is 1.06 bits per heavy atom. The van der Waals surface area contributed by atoms with Gasteiger partial charge in [-0.1, -0.05) is 49.7 Å². The number of amides is 1. The zero-order valence-corrected chi connectivity index (χ0v) is 20.3. The van der Waals surface area contributed by atoms with E-state index in [4.69, 9.17) is 0 Å². The lowest BCUT2D eigenvalue weighted by molar-refractivity contribution is -0.137.